The first-order valence-electron chi connectivity index (χ1n) is 5.07. The Morgan fingerprint density at radius 1 is 1.27 bits per heavy atom. The van der Waals surface area contributed by atoms with Crippen LogP contribution in [-0.2, 0) is 0 Å². The van der Waals surface area contributed by atoms with E-state index in [1.165, 1.54) is 0 Å². The van der Waals surface area contributed by atoms with E-state index in [-0.39, 0.29) is 5.92 Å². The molecule has 1 aromatic rings. The standard InChI is InChI=1S/C14H16O/c1-3-7-12(2)14(15)11-10-13-8-5-4-6-9-13/h4-6,8-12,14-15H,1-2H3/b11-10+/t12-,14+/m0/s1. The highest BCUT2D eigenvalue weighted by molar-refractivity contribution is 5.49. The molecule has 0 unspecified atom stereocenters. The van der Waals surface area contributed by atoms with E-state index in [9.17, 15) is 5.11 Å². The molecule has 0 heterocycles. The fourth-order valence-corrected chi connectivity index (χ4v) is 1.25. The van der Waals surface area contributed by atoms with Crippen LogP contribution in [0, 0.1) is 17.8 Å². The van der Waals surface area contributed by atoms with Gasteiger partial charge in [0.05, 0.1) is 6.10 Å². The summed E-state index contributed by atoms with van der Waals surface area (Å²) in [7, 11) is 0. The Hall–Kier alpha value is -1.52. The van der Waals surface area contributed by atoms with E-state index >= 15 is 0 Å². The van der Waals surface area contributed by atoms with Crippen LogP contribution in [0.1, 0.15) is 19.4 Å². The van der Waals surface area contributed by atoms with Crippen molar-refractivity contribution in [3.05, 3.63) is 42.0 Å². The van der Waals surface area contributed by atoms with Gasteiger partial charge in [-0.25, -0.2) is 0 Å². The zero-order chi connectivity index (χ0) is 11.1. The van der Waals surface area contributed by atoms with Gasteiger partial charge in [0.1, 0.15) is 0 Å². The predicted molar refractivity (Wildman–Crippen MR) is 64.1 cm³/mol. The minimum Gasteiger partial charge on any atom is -0.388 e. The third kappa shape index (κ3) is 4.01. The zero-order valence-corrected chi connectivity index (χ0v) is 9.14. The Kier molecular flexibility index (Phi) is 4.66. The summed E-state index contributed by atoms with van der Waals surface area (Å²) in [6.45, 7) is 3.70. The lowest BCUT2D eigenvalue weighted by molar-refractivity contribution is 0.190. The quantitative estimate of drug-likeness (QED) is 0.744. The average molecular weight is 200 g/mol. The van der Waals surface area contributed by atoms with Gasteiger partial charge in [-0.1, -0.05) is 48.4 Å². The van der Waals surface area contributed by atoms with Gasteiger partial charge in [-0.3, -0.25) is 0 Å². The smallest absolute Gasteiger partial charge is 0.0858 e. The van der Waals surface area contributed by atoms with Crippen LogP contribution < -0.4 is 0 Å². The van der Waals surface area contributed by atoms with E-state index in [2.05, 4.69) is 11.8 Å². The van der Waals surface area contributed by atoms with Crippen molar-refractivity contribution in [2.75, 3.05) is 0 Å². The molecule has 0 spiro atoms. The second kappa shape index (κ2) is 6.06. The summed E-state index contributed by atoms with van der Waals surface area (Å²) in [5.41, 5.74) is 1.09. The Morgan fingerprint density at radius 2 is 1.93 bits per heavy atom. The van der Waals surface area contributed by atoms with E-state index in [0.29, 0.717) is 0 Å². The van der Waals surface area contributed by atoms with Crippen molar-refractivity contribution >= 4 is 6.08 Å². The summed E-state index contributed by atoms with van der Waals surface area (Å²) in [5, 5.41) is 9.72. The topological polar surface area (TPSA) is 20.2 Å². The van der Waals surface area contributed by atoms with E-state index in [1.54, 1.807) is 13.0 Å². The van der Waals surface area contributed by atoms with E-state index in [1.807, 2.05) is 43.3 Å². The Labute approximate surface area is 91.5 Å². The van der Waals surface area contributed by atoms with Gasteiger partial charge in [0.25, 0.3) is 0 Å². The molecular weight excluding hydrogens is 184 g/mol. The van der Waals surface area contributed by atoms with Crippen LogP contribution in [0.3, 0.4) is 0 Å². The molecule has 0 aliphatic carbocycles. The van der Waals surface area contributed by atoms with Crippen molar-refractivity contribution in [3.63, 3.8) is 0 Å². The first-order chi connectivity index (χ1) is 7.24. The number of hydrogen-bond acceptors (Lipinski definition) is 1. The SMILES string of the molecule is CC#C[C@H](C)[C@H](O)/C=C/c1ccccc1. The van der Waals surface area contributed by atoms with Gasteiger partial charge < -0.3 is 5.11 Å². The third-order valence-corrected chi connectivity index (χ3v) is 2.17. The van der Waals surface area contributed by atoms with Crippen molar-refractivity contribution in [3.8, 4) is 11.8 Å². The molecule has 1 N–H and O–H groups in total. The molecule has 0 aliphatic rings. The van der Waals surface area contributed by atoms with Gasteiger partial charge in [-0.05, 0) is 19.4 Å². The molecule has 1 rings (SSSR count). The lowest BCUT2D eigenvalue weighted by atomic mass is 10.0. The molecule has 78 valence electrons. The average Bonchev–Trinajstić information content (AvgIpc) is 2.27. The van der Waals surface area contributed by atoms with Crippen molar-refractivity contribution < 1.29 is 5.11 Å². The van der Waals surface area contributed by atoms with Crippen molar-refractivity contribution in [2.24, 2.45) is 5.92 Å². The normalized spacial score (nSPS) is 14.3. The van der Waals surface area contributed by atoms with Gasteiger partial charge in [0.15, 0.2) is 0 Å². The van der Waals surface area contributed by atoms with E-state index in [0.717, 1.165) is 5.56 Å². The summed E-state index contributed by atoms with van der Waals surface area (Å²) in [6, 6.07) is 9.92. The molecule has 0 saturated carbocycles. The van der Waals surface area contributed by atoms with Gasteiger partial charge in [0.2, 0.25) is 0 Å². The molecule has 1 aromatic carbocycles. The van der Waals surface area contributed by atoms with Crippen molar-refractivity contribution in [2.45, 2.75) is 20.0 Å². The summed E-state index contributed by atoms with van der Waals surface area (Å²) in [5.74, 6) is 5.71. The first kappa shape index (κ1) is 11.6. The van der Waals surface area contributed by atoms with Crippen LogP contribution in [0.4, 0.5) is 0 Å². The Morgan fingerprint density at radius 3 is 2.53 bits per heavy atom. The molecule has 2 atom stereocenters. The van der Waals surface area contributed by atoms with Gasteiger partial charge in [-0.2, -0.15) is 0 Å². The molecule has 0 fully saturated rings. The molecule has 0 bridgehead atoms. The Bertz CT molecular complexity index is 367. The highest BCUT2D eigenvalue weighted by Gasteiger charge is 2.06. The lowest BCUT2D eigenvalue weighted by Crippen LogP contribution is -2.12. The third-order valence-electron chi connectivity index (χ3n) is 2.17. The number of aliphatic hydroxyl groups excluding tert-OH is 1. The van der Waals surface area contributed by atoms with Crippen LogP contribution in [-0.4, -0.2) is 11.2 Å². The summed E-state index contributed by atoms with van der Waals surface area (Å²) >= 11 is 0. The fraction of sp³-hybridized carbons (Fsp3) is 0.286. The van der Waals surface area contributed by atoms with Crippen LogP contribution in [0.15, 0.2) is 36.4 Å². The van der Waals surface area contributed by atoms with E-state index in [4.69, 9.17) is 0 Å². The van der Waals surface area contributed by atoms with Crippen LogP contribution in [0.5, 0.6) is 0 Å². The zero-order valence-electron chi connectivity index (χ0n) is 9.14. The Balaban J connectivity index is 2.61. The van der Waals surface area contributed by atoms with Gasteiger partial charge in [0, 0.05) is 5.92 Å². The maximum Gasteiger partial charge on any atom is 0.0858 e. The first-order valence-corrected chi connectivity index (χ1v) is 5.07. The molecular formula is C14H16O. The lowest BCUT2D eigenvalue weighted by Gasteiger charge is -2.08. The van der Waals surface area contributed by atoms with Crippen LogP contribution >= 0.6 is 0 Å². The second-order valence-electron chi connectivity index (χ2n) is 3.44. The number of hydrogen-bond donors (Lipinski definition) is 1. The molecule has 15 heavy (non-hydrogen) atoms. The maximum atomic E-state index is 9.72. The summed E-state index contributed by atoms with van der Waals surface area (Å²) in [6.07, 6.45) is 3.20. The van der Waals surface area contributed by atoms with Gasteiger partial charge in [-0.15, -0.1) is 5.92 Å². The molecule has 0 aliphatic heterocycles. The number of rotatable bonds is 3. The second-order valence-corrected chi connectivity index (χ2v) is 3.44. The highest BCUT2D eigenvalue weighted by Crippen LogP contribution is 2.07. The highest BCUT2D eigenvalue weighted by atomic mass is 16.3. The summed E-state index contributed by atoms with van der Waals surface area (Å²) in [4.78, 5) is 0. The predicted octanol–water partition coefficient (Wildman–Crippen LogP) is 2.72. The molecule has 0 aromatic heterocycles. The van der Waals surface area contributed by atoms with Crippen LogP contribution in [0.25, 0.3) is 6.08 Å². The monoisotopic (exact) mass is 200 g/mol. The van der Waals surface area contributed by atoms with Crippen LogP contribution in [0.2, 0.25) is 0 Å². The van der Waals surface area contributed by atoms with E-state index < -0.39 is 6.10 Å². The fourth-order valence-electron chi connectivity index (χ4n) is 1.25. The molecule has 0 amide bonds. The minimum atomic E-state index is -0.502. The minimum absolute atomic E-state index is 0.0186. The van der Waals surface area contributed by atoms with Crippen molar-refractivity contribution in [1.82, 2.24) is 0 Å². The maximum absolute atomic E-state index is 9.72. The number of aliphatic hydroxyl groups is 1. The molecule has 1 nitrogen and oxygen atoms in total. The molecule has 1 heteroatoms. The largest absolute Gasteiger partial charge is 0.388 e. The molecule has 0 radical (unpaired) electrons. The number of benzene rings is 1. The van der Waals surface area contributed by atoms with Crippen molar-refractivity contribution in [1.29, 1.82) is 0 Å². The van der Waals surface area contributed by atoms with Gasteiger partial charge >= 0.3 is 0 Å². The summed E-state index contributed by atoms with van der Waals surface area (Å²) < 4.78 is 0. The molecule has 0 saturated heterocycles.